The van der Waals surface area contributed by atoms with Crippen molar-refractivity contribution < 1.29 is 29.4 Å². The summed E-state index contributed by atoms with van der Waals surface area (Å²) in [6, 6.07) is -4.35. The summed E-state index contributed by atoms with van der Waals surface area (Å²) >= 11 is 7.08. The number of thiol groups is 1. The minimum atomic E-state index is -1.53. The quantitative estimate of drug-likeness (QED) is 0.139. The Morgan fingerprint density at radius 3 is 1.90 bits per heavy atom. The number of aliphatic hydroxyl groups is 1. The molecule has 0 bridgehead atoms. The first kappa shape index (κ1) is 28.9. The molecule has 0 aromatic carbocycles. The van der Waals surface area contributed by atoms with Crippen LogP contribution in [0.25, 0.3) is 0 Å². The van der Waals surface area contributed by atoms with Gasteiger partial charge in [0.1, 0.15) is 12.1 Å². The highest BCUT2D eigenvalue weighted by molar-refractivity contribution is 7.98. The molecule has 0 spiro atoms. The van der Waals surface area contributed by atoms with Gasteiger partial charge in [0.15, 0.2) is 6.04 Å². The first-order valence-corrected chi connectivity index (χ1v) is 12.7. The fourth-order valence-corrected chi connectivity index (χ4v) is 3.49. The number of hydrogen-bond acceptors (Lipinski definition) is 9. The molecule has 5 unspecified atom stereocenters. The summed E-state index contributed by atoms with van der Waals surface area (Å²) < 4.78 is 0. The van der Waals surface area contributed by atoms with Crippen LogP contribution < -0.4 is 21.7 Å². The second kappa shape index (κ2) is 15.6. The number of thioether (sulfide) groups is 2. The van der Waals surface area contributed by atoms with Gasteiger partial charge in [-0.1, -0.05) is 0 Å². The van der Waals surface area contributed by atoms with E-state index < -0.39 is 54.0 Å². The van der Waals surface area contributed by atoms with E-state index in [2.05, 4.69) is 28.6 Å². The largest absolute Gasteiger partial charge is 0.480 e. The Morgan fingerprint density at radius 2 is 1.43 bits per heavy atom. The molecule has 174 valence electrons. The SMILES string of the molecule is CSCCC(N)C(=O)NC(CCSC)C(=O)NC(CS)C(=O)NC(C(=O)O)C(C)O. The van der Waals surface area contributed by atoms with Crippen LogP contribution in [0.15, 0.2) is 0 Å². The van der Waals surface area contributed by atoms with Crippen molar-refractivity contribution in [3.05, 3.63) is 0 Å². The van der Waals surface area contributed by atoms with Gasteiger partial charge in [-0.05, 0) is 43.8 Å². The molecule has 0 radical (unpaired) electrons. The van der Waals surface area contributed by atoms with Crippen molar-refractivity contribution >= 4 is 59.8 Å². The third-order valence-electron chi connectivity index (χ3n) is 4.08. The molecule has 13 heteroatoms. The van der Waals surface area contributed by atoms with Gasteiger partial charge in [-0.15, -0.1) is 0 Å². The minimum Gasteiger partial charge on any atom is -0.480 e. The fourth-order valence-electron chi connectivity index (χ4n) is 2.27. The summed E-state index contributed by atoms with van der Waals surface area (Å²) in [6.45, 7) is 1.22. The lowest BCUT2D eigenvalue weighted by atomic mass is 10.1. The number of carbonyl (C=O) groups excluding carboxylic acids is 3. The fraction of sp³-hybridized carbons (Fsp3) is 0.765. The van der Waals surface area contributed by atoms with Crippen LogP contribution in [0.3, 0.4) is 0 Å². The van der Waals surface area contributed by atoms with E-state index in [1.165, 1.54) is 18.7 Å². The topological polar surface area (TPSA) is 171 Å². The molecule has 0 aromatic rings. The van der Waals surface area contributed by atoms with Crippen LogP contribution in [-0.4, -0.2) is 93.9 Å². The molecule has 0 aliphatic carbocycles. The molecule has 0 aliphatic rings. The lowest BCUT2D eigenvalue weighted by Crippen LogP contribution is -2.58. The summed E-state index contributed by atoms with van der Waals surface area (Å²) in [6.07, 6.45) is 3.20. The minimum absolute atomic E-state index is 0.111. The Balaban J connectivity index is 5.13. The normalized spacial score (nSPS) is 15.9. The predicted molar refractivity (Wildman–Crippen MR) is 123 cm³/mol. The number of carbonyl (C=O) groups is 4. The van der Waals surface area contributed by atoms with E-state index >= 15 is 0 Å². The zero-order valence-corrected chi connectivity index (χ0v) is 19.8. The van der Waals surface area contributed by atoms with Crippen molar-refractivity contribution in [2.45, 2.75) is 50.0 Å². The van der Waals surface area contributed by atoms with E-state index in [1.807, 2.05) is 12.5 Å². The average molecular weight is 485 g/mol. The van der Waals surface area contributed by atoms with Gasteiger partial charge in [0.25, 0.3) is 0 Å². The summed E-state index contributed by atoms with van der Waals surface area (Å²) in [5.74, 6) is -2.11. The maximum Gasteiger partial charge on any atom is 0.328 e. The first-order valence-electron chi connectivity index (χ1n) is 9.25. The van der Waals surface area contributed by atoms with Crippen LogP contribution in [0.1, 0.15) is 19.8 Å². The van der Waals surface area contributed by atoms with Crippen LogP contribution in [0.5, 0.6) is 0 Å². The zero-order valence-electron chi connectivity index (χ0n) is 17.3. The third kappa shape index (κ3) is 10.8. The van der Waals surface area contributed by atoms with Gasteiger partial charge in [-0.2, -0.15) is 36.2 Å². The molecular weight excluding hydrogens is 452 g/mol. The summed E-state index contributed by atoms with van der Waals surface area (Å²) in [5.41, 5.74) is 5.85. The van der Waals surface area contributed by atoms with Crippen LogP contribution >= 0.6 is 36.2 Å². The van der Waals surface area contributed by atoms with Gasteiger partial charge >= 0.3 is 5.97 Å². The Hall–Kier alpha value is -1.15. The molecule has 30 heavy (non-hydrogen) atoms. The highest BCUT2D eigenvalue weighted by Crippen LogP contribution is 2.05. The summed E-state index contributed by atoms with van der Waals surface area (Å²) in [5, 5.41) is 25.8. The first-order chi connectivity index (χ1) is 14.1. The van der Waals surface area contributed by atoms with Crippen molar-refractivity contribution in [2.75, 3.05) is 29.8 Å². The maximum absolute atomic E-state index is 12.7. The van der Waals surface area contributed by atoms with E-state index in [0.29, 0.717) is 24.3 Å². The number of rotatable bonds is 15. The van der Waals surface area contributed by atoms with Crippen molar-refractivity contribution in [3.63, 3.8) is 0 Å². The van der Waals surface area contributed by atoms with Gasteiger partial charge in [0.05, 0.1) is 12.1 Å². The van der Waals surface area contributed by atoms with Crippen LogP contribution in [0.2, 0.25) is 0 Å². The van der Waals surface area contributed by atoms with E-state index in [1.54, 1.807) is 11.8 Å². The van der Waals surface area contributed by atoms with Crippen molar-refractivity contribution in [1.82, 2.24) is 16.0 Å². The van der Waals surface area contributed by atoms with Crippen molar-refractivity contribution in [1.29, 1.82) is 0 Å². The number of aliphatic carboxylic acids is 1. The Labute approximate surface area is 190 Å². The van der Waals surface area contributed by atoms with Crippen molar-refractivity contribution in [3.8, 4) is 0 Å². The molecular formula is C17H32N4O6S3. The lowest BCUT2D eigenvalue weighted by molar-refractivity contribution is -0.145. The lowest BCUT2D eigenvalue weighted by Gasteiger charge is -2.25. The predicted octanol–water partition coefficient (Wildman–Crippen LogP) is -1.33. The molecule has 0 saturated heterocycles. The van der Waals surface area contributed by atoms with E-state index in [9.17, 15) is 24.3 Å². The number of carboxylic acid groups (broad SMARTS) is 1. The third-order valence-corrected chi connectivity index (χ3v) is 5.73. The van der Waals surface area contributed by atoms with Gasteiger partial charge in [-0.25, -0.2) is 4.79 Å². The van der Waals surface area contributed by atoms with E-state index in [0.717, 1.165) is 0 Å². The molecule has 5 atom stereocenters. The summed E-state index contributed by atoms with van der Waals surface area (Å²) in [4.78, 5) is 48.5. The number of amides is 3. The smallest absolute Gasteiger partial charge is 0.328 e. The van der Waals surface area contributed by atoms with Crippen LogP contribution in [0.4, 0.5) is 0 Å². The second-order valence-corrected chi connectivity index (χ2v) is 8.88. The van der Waals surface area contributed by atoms with Crippen LogP contribution in [-0.2, 0) is 19.2 Å². The molecule has 0 rings (SSSR count). The average Bonchev–Trinajstić information content (AvgIpc) is 2.69. The van der Waals surface area contributed by atoms with Gasteiger partial charge in [0, 0.05) is 5.75 Å². The monoisotopic (exact) mass is 484 g/mol. The number of carboxylic acids is 1. The molecule has 7 N–H and O–H groups in total. The van der Waals surface area contributed by atoms with Crippen LogP contribution in [0, 0.1) is 0 Å². The number of aliphatic hydroxyl groups excluding tert-OH is 1. The number of hydrogen-bond donors (Lipinski definition) is 7. The van der Waals surface area contributed by atoms with Gasteiger partial charge < -0.3 is 31.9 Å². The molecule has 0 aliphatic heterocycles. The maximum atomic E-state index is 12.7. The molecule has 3 amide bonds. The number of nitrogens with one attached hydrogen (secondary N) is 3. The Morgan fingerprint density at radius 1 is 0.933 bits per heavy atom. The molecule has 0 heterocycles. The zero-order chi connectivity index (χ0) is 23.3. The van der Waals surface area contributed by atoms with E-state index in [4.69, 9.17) is 10.8 Å². The van der Waals surface area contributed by atoms with Crippen molar-refractivity contribution in [2.24, 2.45) is 5.73 Å². The highest BCUT2D eigenvalue weighted by Gasteiger charge is 2.31. The standard InChI is InChI=1S/C17H32N4O6S3/c1-9(22)13(17(26)27)21-16(25)12(8-28)20-15(24)11(5-7-30-3)19-14(23)10(18)4-6-29-2/h9-13,22,28H,4-8,18H2,1-3H3,(H,19,23)(H,20,24)(H,21,25)(H,26,27). The second-order valence-electron chi connectivity index (χ2n) is 6.54. The highest BCUT2D eigenvalue weighted by atomic mass is 32.2. The van der Waals surface area contributed by atoms with Gasteiger partial charge in [-0.3, -0.25) is 14.4 Å². The molecule has 0 fully saturated rings. The Kier molecular flexibility index (Phi) is 15.0. The summed E-state index contributed by atoms with van der Waals surface area (Å²) in [7, 11) is 0. The van der Waals surface area contributed by atoms with E-state index in [-0.39, 0.29) is 5.75 Å². The number of nitrogens with two attached hydrogens (primary N) is 1. The molecule has 10 nitrogen and oxygen atoms in total. The molecule has 0 saturated carbocycles. The molecule has 0 aromatic heterocycles. The Bertz CT molecular complexity index is 582. The van der Waals surface area contributed by atoms with Gasteiger partial charge in [0.2, 0.25) is 17.7 Å².